The maximum Gasteiger partial charge on any atom is 0.220 e. The molecule has 19 heteroatoms. The highest BCUT2D eigenvalue weighted by Gasteiger charge is 2.54. The Bertz CT molecular complexity index is 2010. The van der Waals surface area contributed by atoms with Crippen molar-refractivity contribution in [3.63, 3.8) is 0 Å². The quantitative estimate of drug-likeness (QED) is 0.0199. The summed E-state index contributed by atoms with van der Waals surface area (Å²) in [6.45, 7) is 1.83. The van der Waals surface area contributed by atoms with E-state index in [2.05, 4.69) is 19.2 Å². The minimum Gasteiger partial charge on any atom is -0.394 e. The maximum atomic E-state index is 13.5. The number of allylic oxidation sites excluding steroid dienone is 1. The third kappa shape index (κ3) is 49.4. The summed E-state index contributed by atoms with van der Waals surface area (Å²) in [6.07, 6.45) is 60.9. The van der Waals surface area contributed by atoms with Crippen LogP contribution in [0.2, 0.25) is 0 Å². The molecule has 3 saturated heterocycles. The molecule has 0 aromatic carbocycles. The van der Waals surface area contributed by atoms with Crippen LogP contribution in [-0.4, -0.2) is 193 Å². The Morgan fingerprint density at radius 1 is 0.321 bits per heavy atom. The monoisotopic (exact) mass is 1560 g/mol. The lowest BCUT2D eigenvalue weighted by atomic mass is 9.96. The number of amides is 1. The Hall–Kier alpha value is -1.47. The molecule has 0 aromatic rings. The minimum atomic E-state index is -1.98. The van der Waals surface area contributed by atoms with Gasteiger partial charge >= 0.3 is 0 Å². The van der Waals surface area contributed by atoms with Crippen LogP contribution in [0, 0.1) is 0 Å². The fourth-order valence-corrected chi connectivity index (χ4v) is 16.2. The van der Waals surface area contributed by atoms with E-state index in [-0.39, 0.29) is 18.9 Å². The average Bonchev–Trinajstić information content (AvgIpc) is 0.780. The summed E-state index contributed by atoms with van der Waals surface area (Å²) in [5.41, 5.74) is 0. The van der Waals surface area contributed by atoms with Crippen molar-refractivity contribution in [1.82, 2.24) is 5.32 Å². The zero-order valence-electron chi connectivity index (χ0n) is 69.8. The highest BCUT2D eigenvalue weighted by Crippen LogP contribution is 2.34. The van der Waals surface area contributed by atoms with Crippen molar-refractivity contribution in [3.8, 4) is 0 Å². The molecule has 0 spiro atoms. The first-order chi connectivity index (χ1) is 53.3. The van der Waals surface area contributed by atoms with E-state index < -0.39 is 124 Å². The first-order valence-corrected chi connectivity index (χ1v) is 46.4. The lowest BCUT2D eigenvalue weighted by Crippen LogP contribution is -2.66. The summed E-state index contributed by atoms with van der Waals surface area (Å²) in [5.74, 6) is -0.264. The molecule has 3 aliphatic heterocycles. The van der Waals surface area contributed by atoms with Crippen molar-refractivity contribution >= 4 is 5.91 Å². The first-order valence-electron chi connectivity index (χ1n) is 46.4. The van der Waals surface area contributed by atoms with E-state index in [4.69, 9.17) is 28.4 Å². The zero-order chi connectivity index (χ0) is 78.8. The second-order valence-electron chi connectivity index (χ2n) is 33.5. The lowest BCUT2D eigenvalue weighted by Gasteiger charge is -2.48. The van der Waals surface area contributed by atoms with Crippen LogP contribution in [0.4, 0.5) is 0 Å². The number of carbonyl (C=O) groups excluding carboxylic acids is 1. The molecule has 19 nitrogen and oxygen atoms in total. The molecule has 3 aliphatic rings. The molecule has 0 radical (unpaired) electrons. The van der Waals surface area contributed by atoms with Gasteiger partial charge in [-0.1, -0.05) is 411 Å². The number of unbranched alkanes of at least 4 members (excludes halogenated alkanes) is 61. The van der Waals surface area contributed by atoms with Crippen molar-refractivity contribution in [2.75, 3.05) is 26.4 Å². The van der Waals surface area contributed by atoms with Crippen molar-refractivity contribution in [2.45, 2.75) is 529 Å². The van der Waals surface area contributed by atoms with Crippen LogP contribution >= 0.6 is 0 Å². The number of hydrogen-bond donors (Lipinski definition) is 12. The highest BCUT2D eigenvalue weighted by molar-refractivity contribution is 5.76. The standard InChI is InChI=1S/C90H173NO18/c1-3-5-7-9-11-13-15-17-19-21-23-25-27-29-31-33-35-36-38-40-42-44-46-48-50-52-54-56-58-60-62-64-66-68-78(96)91-73(74(95)67-65-63-61-59-57-55-53-51-49-47-45-43-41-39-37-34-32-30-28-26-24-22-20-18-16-14-12-10-8-6-4-2)72-104-88-84(102)81(99)86(76(70-93)106-88)109-90-85(103)82(100)87(77(71-94)107-90)108-89-83(101)80(98)79(97)75(69-92)105-89/h65,67,73-77,79-90,92-95,97-103H,3-64,66,68-72H2,1-2H3,(H,91,96)/b67-65+. The lowest BCUT2D eigenvalue weighted by molar-refractivity contribution is -0.379. The molecule has 1 amide bonds. The Morgan fingerprint density at radius 3 is 0.862 bits per heavy atom. The molecule has 0 bridgehead atoms. The minimum absolute atomic E-state index is 0.251. The number of aliphatic hydroxyl groups is 11. The van der Waals surface area contributed by atoms with E-state index in [1.807, 2.05) is 6.08 Å². The summed E-state index contributed by atoms with van der Waals surface area (Å²) >= 11 is 0. The van der Waals surface area contributed by atoms with Crippen LogP contribution in [-0.2, 0) is 33.2 Å². The van der Waals surface area contributed by atoms with E-state index in [0.29, 0.717) is 6.42 Å². The van der Waals surface area contributed by atoms with Gasteiger partial charge in [0, 0.05) is 6.42 Å². The van der Waals surface area contributed by atoms with E-state index in [9.17, 15) is 61.0 Å². The second-order valence-corrected chi connectivity index (χ2v) is 33.5. The smallest absolute Gasteiger partial charge is 0.220 e. The predicted octanol–water partition coefficient (Wildman–Crippen LogP) is 17.9. The van der Waals surface area contributed by atoms with Crippen LogP contribution in [0.1, 0.15) is 425 Å². The van der Waals surface area contributed by atoms with Crippen molar-refractivity contribution in [3.05, 3.63) is 12.2 Å². The van der Waals surface area contributed by atoms with E-state index in [1.54, 1.807) is 6.08 Å². The fraction of sp³-hybridized carbons (Fsp3) is 0.967. The molecule has 3 heterocycles. The van der Waals surface area contributed by atoms with Gasteiger partial charge in [0.25, 0.3) is 0 Å². The van der Waals surface area contributed by atoms with Gasteiger partial charge in [-0.15, -0.1) is 0 Å². The van der Waals surface area contributed by atoms with Crippen LogP contribution < -0.4 is 5.32 Å². The number of hydrogen-bond acceptors (Lipinski definition) is 18. The van der Waals surface area contributed by atoms with Crippen LogP contribution in [0.15, 0.2) is 12.2 Å². The molecule has 17 atom stereocenters. The van der Waals surface area contributed by atoms with Gasteiger partial charge in [-0.3, -0.25) is 4.79 Å². The van der Waals surface area contributed by atoms with E-state index in [0.717, 1.165) is 44.9 Å². The Balaban J connectivity index is 1.32. The van der Waals surface area contributed by atoms with Gasteiger partial charge in [0.15, 0.2) is 18.9 Å². The normalized spacial score (nSPS) is 25.2. The topological polar surface area (TPSA) is 307 Å². The summed E-state index contributed by atoms with van der Waals surface area (Å²) < 4.78 is 34.6. The molecule has 646 valence electrons. The van der Waals surface area contributed by atoms with Gasteiger partial charge in [0.05, 0.1) is 38.6 Å². The van der Waals surface area contributed by atoms with Crippen molar-refractivity contribution in [1.29, 1.82) is 0 Å². The second kappa shape index (κ2) is 70.7. The molecule has 0 aliphatic carbocycles. The first kappa shape index (κ1) is 102. The summed E-state index contributed by atoms with van der Waals surface area (Å²) in [6, 6.07) is -0.971. The van der Waals surface area contributed by atoms with E-state index >= 15 is 0 Å². The Labute approximate surface area is 665 Å². The Kier molecular flexibility index (Phi) is 66.0. The van der Waals surface area contributed by atoms with Gasteiger partial charge in [-0.05, 0) is 19.3 Å². The summed E-state index contributed by atoms with van der Waals surface area (Å²) in [5, 5.41) is 121. The van der Waals surface area contributed by atoms with Crippen LogP contribution in [0.25, 0.3) is 0 Å². The summed E-state index contributed by atoms with van der Waals surface area (Å²) in [4.78, 5) is 13.5. The predicted molar refractivity (Wildman–Crippen MR) is 439 cm³/mol. The SMILES string of the molecule is CCCCCCCCCCCCCCCCCCCCCCCCCCCCCCC/C=C/C(O)C(COC1OC(CO)C(OC2OC(CO)C(OC3OC(CO)C(O)C(O)C3O)C(O)C2O)C(O)C1O)NC(=O)CCCCCCCCCCCCCCCCCCCCCCCCCCCCCCCCCCC. The largest absolute Gasteiger partial charge is 0.394 e. The average molecular weight is 1560 g/mol. The van der Waals surface area contributed by atoms with Crippen LogP contribution in [0.5, 0.6) is 0 Å². The highest BCUT2D eigenvalue weighted by atomic mass is 16.8. The van der Waals surface area contributed by atoms with Gasteiger partial charge in [0.1, 0.15) is 73.2 Å². The van der Waals surface area contributed by atoms with E-state index in [1.165, 1.54) is 353 Å². The fourth-order valence-electron chi connectivity index (χ4n) is 16.2. The number of nitrogens with one attached hydrogen (secondary N) is 1. The number of ether oxygens (including phenoxy) is 6. The molecule has 12 N–H and O–H groups in total. The maximum absolute atomic E-state index is 13.5. The van der Waals surface area contributed by atoms with Gasteiger partial charge < -0.3 is 89.9 Å². The molecular formula is C90H173NO18. The zero-order valence-corrected chi connectivity index (χ0v) is 69.8. The third-order valence-electron chi connectivity index (χ3n) is 23.6. The van der Waals surface area contributed by atoms with Gasteiger partial charge in [0.2, 0.25) is 5.91 Å². The van der Waals surface area contributed by atoms with Gasteiger partial charge in [-0.25, -0.2) is 0 Å². The number of carbonyl (C=O) groups is 1. The molecule has 0 saturated carbocycles. The van der Waals surface area contributed by atoms with Crippen molar-refractivity contribution < 1.29 is 89.4 Å². The number of rotatable bonds is 77. The van der Waals surface area contributed by atoms with Crippen molar-refractivity contribution in [2.24, 2.45) is 0 Å². The molecule has 0 aromatic heterocycles. The Morgan fingerprint density at radius 2 is 0.569 bits per heavy atom. The molecule has 3 fully saturated rings. The molecular weight excluding hydrogens is 1380 g/mol. The van der Waals surface area contributed by atoms with Gasteiger partial charge in [-0.2, -0.15) is 0 Å². The number of aliphatic hydroxyl groups excluding tert-OH is 11. The molecule has 3 rings (SSSR count). The van der Waals surface area contributed by atoms with Crippen LogP contribution in [0.3, 0.4) is 0 Å². The summed E-state index contributed by atoms with van der Waals surface area (Å²) in [7, 11) is 0. The molecule has 109 heavy (non-hydrogen) atoms. The third-order valence-corrected chi connectivity index (χ3v) is 23.6. The molecule has 17 unspecified atom stereocenters.